The topological polar surface area (TPSA) is 215 Å². The van der Waals surface area contributed by atoms with Gasteiger partial charge in [-0.05, 0) is 75.9 Å². The molecule has 4 aromatic carbocycles. The first-order valence-electron chi connectivity index (χ1n) is 24.9. The van der Waals surface area contributed by atoms with Crippen molar-refractivity contribution in [3.05, 3.63) is 144 Å². The number of likely N-dealkylation sites (tertiary alicyclic amines) is 2. The number of hydrogen-bond acceptors (Lipinski definition) is 12. The molecule has 6 amide bonds. The van der Waals surface area contributed by atoms with Crippen LogP contribution in [0.5, 0.6) is 0 Å². The van der Waals surface area contributed by atoms with Crippen molar-refractivity contribution in [1.82, 2.24) is 41.7 Å². The zero-order valence-electron chi connectivity index (χ0n) is 42.0. The van der Waals surface area contributed by atoms with Crippen LogP contribution in [0.15, 0.2) is 121 Å². The Morgan fingerprint density at radius 2 is 0.836 bits per heavy atom. The molecule has 73 heavy (non-hydrogen) atoms. The van der Waals surface area contributed by atoms with Gasteiger partial charge in [-0.1, -0.05) is 121 Å². The molecule has 0 bridgehead atoms. The highest BCUT2D eigenvalue weighted by Crippen LogP contribution is 2.27. The third-order valence-corrected chi connectivity index (χ3v) is 17.6. The second-order valence-corrected chi connectivity index (χ2v) is 23.0. The predicted molar refractivity (Wildman–Crippen MR) is 289 cm³/mol. The van der Waals surface area contributed by atoms with Crippen molar-refractivity contribution in [1.29, 1.82) is 0 Å². The minimum Gasteiger partial charge on any atom is -0.343 e. The summed E-state index contributed by atoms with van der Waals surface area (Å²) in [5, 5.41) is 17.8. The maximum atomic E-state index is 14.3. The maximum absolute atomic E-state index is 14.3. The van der Waals surface area contributed by atoms with Crippen LogP contribution in [-0.2, 0) is 38.6 Å². The van der Waals surface area contributed by atoms with Gasteiger partial charge in [0.2, 0.25) is 35.4 Å². The molecule has 0 saturated carbocycles. The predicted octanol–water partition coefficient (Wildman–Crippen LogP) is 3.85. The van der Waals surface area contributed by atoms with Gasteiger partial charge < -0.3 is 41.7 Å². The molecule has 2 aliphatic rings. The second kappa shape index (κ2) is 28.1. The summed E-state index contributed by atoms with van der Waals surface area (Å²) in [5.41, 5.74) is 3.57. The number of benzene rings is 4. The molecule has 2 saturated heterocycles. The van der Waals surface area contributed by atoms with Crippen LogP contribution in [0.2, 0.25) is 0 Å². The van der Waals surface area contributed by atoms with E-state index in [-0.39, 0.29) is 46.3 Å². The monoisotopic (exact) mass is 1050 g/mol. The molecule has 0 spiro atoms. The van der Waals surface area contributed by atoms with Crippen molar-refractivity contribution in [3.63, 3.8) is 0 Å². The van der Waals surface area contributed by atoms with Crippen molar-refractivity contribution in [2.45, 2.75) is 87.9 Å². The first-order valence-corrected chi connectivity index (χ1v) is 29.1. The Morgan fingerprint density at radius 1 is 0.521 bits per heavy atom. The molecule has 6 rings (SSSR count). The zero-order valence-corrected chi connectivity index (χ0v) is 44.5. The molecular weight excluding hydrogens is 985 g/mol. The van der Waals surface area contributed by atoms with E-state index >= 15 is 0 Å². The quantitative estimate of drug-likeness (QED) is 0.0495. The van der Waals surface area contributed by atoms with Gasteiger partial charge in [-0.15, -0.1) is 0 Å². The summed E-state index contributed by atoms with van der Waals surface area (Å²) >= 11 is 2.45. The Bertz CT molecular complexity index is 2300. The number of carbonyl (C=O) groups excluding carboxylic acids is 6. The number of amides is 6. The third kappa shape index (κ3) is 16.1. The van der Waals surface area contributed by atoms with Gasteiger partial charge >= 0.3 is 0 Å². The molecule has 0 aromatic heterocycles. The zero-order chi connectivity index (χ0) is 52.3. The van der Waals surface area contributed by atoms with E-state index in [2.05, 4.69) is 31.9 Å². The van der Waals surface area contributed by atoms with Crippen LogP contribution in [0.3, 0.4) is 0 Å². The molecule has 2 fully saturated rings. The van der Waals surface area contributed by atoms with Gasteiger partial charge in [0.05, 0.1) is 35.7 Å². The number of nitrogens with zero attached hydrogens (tertiary/aromatic N) is 2. The first-order chi connectivity index (χ1) is 35.2. The molecule has 0 radical (unpaired) electrons. The Labute approximate surface area is 438 Å². The van der Waals surface area contributed by atoms with Crippen molar-refractivity contribution in [3.8, 4) is 0 Å². The Kier molecular flexibility index (Phi) is 21.8. The fraction of sp³-hybridized carbons (Fsp3) is 0.444. The summed E-state index contributed by atoms with van der Waals surface area (Å²) < 4.78 is 26.8. The van der Waals surface area contributed by atoms with E-state index in [9.17, 15) is 37.2 Å². The number of likely N-dealkylation sites (N-methyl/N-ethyl adjacent to an activating group) is 2. The van der Waals surface area contributed by atoms with Crippen LogP contribution in [0.1, 0.15) is 73.9 Å². The van der Waals surface area contributed by atoms with Crippen LogP contribution in [0.25, 0.3) is 0 Å². The molecular formula is C54H70N8O8S3. The minimum atomic E-state index is -3.62. The van der Waals surface area contributed by atoms with E-state index in [1.807, 2.05) is 121 Å². The molecule has 4 aromatic rings. The standard InChI is InChI=1S/C54H70N8O8S3/c1-37(55-3)49(63)57-43(53(67)61-29-17-27-45(61)51(65)59-47(39-19-9-5-10-20-39)40-21-11-6-12-22-40)35-71-31-33-73(69,70)34-32-72-36-44(58-50(64)38(2)56-4)54(68)62-30-18-28-46(62)52(66)60-48(41-23-13-7-14-24-41)42-25-15-8-16-26-42/h5-16,19-26,37-38,43-48,55-56H,17-18,27-36H2,1-4H3,(H,57,63)(H,58,64)(H,59,65)(H,60,66)/t37-,38-,43-,44-,45-,46-/m0/s1. The van der Waals surface area contributed by atoms with Crippen molar-refractivity contribution in [2.75, 3.05) is 61.7 Å². The van der Waals surface area contributed by atoms with Gasteiger partial charge in [0, 0.05) is 36.1 Å². The third-order valence-electron chi connectivity index (χ3n) is 13.3. The van der Waals surface area contributed by atoms with Gasteiger partial charge in [-0.2, -0.15) is 23.5 Å². The number of nitrogens with one attached hydrogen (secondary N) is 6. The van der Waals surface area contributed by atoms with Crippen LogP contribution in [-0.4, -0.2) is 152 Å². The Morgan fingerprint density at radius 3 is 1.14 bits per heavy atom. The maximum Gasteiger partial charge on any atom is 0.246 e. The van der Waals surface area contributed by atoms with E-state index in [0.29, 0.717) is 38.8 Å². The van der Waals surface area contributed by atoms with Crippen molar-refractivity contribution in [2.24, 2.45) is 0 Å². The number of carbonyl (C=O) groups is 6. The molecule has 392 valence electrons. The Balaban J connectivity index is 1.04. The normalized spacial score (nSPS) is 17.4. The molecule has 0 unspecified atom stereocenters. The molecule has 2 heterocycles. The molecule has 6 N–H and O–H groups in total. The number of thioether (sulfide) groups is 2. The largest absolute Gasteiger partial charge is 0.343 e. The average molecular weight is 1060 g/mol. The molecule has 2 aliphatic heterocycles. The summed E-state index contributed by atoms with van der Waals surface area (Å²) in [6.07, 6.45) is 2.09. The van der Waals surface area contributed by atoms with Gasteiger partial charge in [0.15, 0.2) is 9.84 Å². The van der Waals surface area contributed by atoms with Crippen molar-refractivity contribution < 1.29 is 37.2 Å². The summed E-state index contributed by atoms with van der Waals surface area (Å²) in [4.78, 5) is 86.1. The molecule has 0 aliphatic carbocycles. The Hall–Kier alpha value is -5.73. The minimum absolute atomic E-state index is 0.0794. The molecule has 16 nitrogen and oxygen atoms in total. The lowest BCUT2D eigenvalue weighted by Crippen LogP contribution is -2.56. The number of rotatable bonds is 26. The van der Waals surface area contributed by atoms with Gasteiger partial charge in [0.1, 0.15) is 24.2 Å². The van der Waals surface area contributed by atoms with E-state index in [1.165, 1.54) is 33.3 Å². The van der Waals surface area contributed by atoms with Gasteiger partial charge in [0.25, 0.3) is 0 Å². The first kappa shape index (κ1) is 56.6. The SMILES string of the molecule is CN[C@@H](C)C(=O)N[C@@H](CSCCS(=O)(=O)CCSC[C@H](NC(=O)[C@H](C)NC)C(=O)N1CCC[C@H]1C(=O)NC(c1ccccc1)c1ccccc1)C(=O)N1CCC[C@H]1C(=O)NC(c1ccccc1)c1ccccc1. The lowest BCUT2D eigenvalue weighted by molar-refractivity contribution is -0.141. The van der Waals surface area contributed by atoms with Crippen LogP contribution < -0.4 is 31.9 Å². The molecule has 6 atom stereocenters. The highest BCUT2D eigenvalue weighted by molar-refractivity contribution is 8.02. The summed E-state index contributed by atoms with van der Waals surface area (Å²) in [5.74, 6) is -2.22. The van der Waals surface area contributed by atoms with Crippen LogP contribution >= 0.6 is 23.5 Å². The van der Waals surface area contributed by atoms with E-state index in [0.717, 1.165) is 22.3 Å². The lowest BCUT2D eigenvalue weighted by Gasteiger charge is -2.30. The van der Waals surface area contributed by atoms with E-state index in [1.54, 1.807) is 27.9 Å². The number of hydrogen-bond donors (Lipinski definition) is 6. The summed E-state index contributed by atoms with van der Waals surface area (Å²) in [7, 11) is -0.354. The molecule has 19 heteroatoms. The lowest BCUT2D eigenvalue weighted by atomic mass is 9.98. The highest BCUT2D eigenvalue weighted by Gasteiger charge is 2.40. The van der Waals surface area contributed by atoms with Crippen LogP contribution in [0.4, 0.5) is 0 Å². The summed E-state index contributed by atoms with van der Waals surface area (Å²) in [6, 6.07) is 32.7. The van der Waals surface area contributed by atoms with Crippen molar-refractivity contribution >= 4 is 68.8 Å². The van der Waals surface area contributed by atoms with Gasteiger partial charge in [-0.25, -0.2) is 8.42 Å². The summed E-state index contributed by atoms with van der Waals surface area (Å²) in [6.45, 7) is 3.98. The van der Waals surface area contributed by atoms with Crippen LogP contribution in [0, 0.1) is 0 Å². The second-order valence-electron chi connectivity index (χ2n) is 18.3. The fourth-order valence-corrected chi connectivity index (χ4v) is 13.3. The smallest absolute Gasteiger partial charge is 0.246 e. The highest BCUT2D eigenvalue weighted by atomic mass is 32.2. The average Bonchev–Trinajstić information content (AvgIpc) is 4.13. The van der Waals surface area contributed by atoms with Gasteiger partial charge in [-0.3, -0.25) is 28.8 Å². The fourth-order valence-electron chi connectivity index (χ4n) is 8.86. The van der Waals surface area contributed by atoms with E-state index < -0.39 is 81.8 Å². The van der Waals surface area contributed by atoms with E-state index in [4.69, 9.17) is 0 Å². The number of sulfone groups is 1.